The molecule has 0 fully saturated rings. The highest BCUT2D eigenvalue weighted by Crippen LogP contribution is 2.09. The van der Waals surface area contributed by atoms with E-state index in [4.69, 9.17) is 10.2 Å². The summed E-state index contributed by atoms with van der Waals surface area (Å²) < 4.78 is 0. The number of hydrogen-bond acceptors (Lipinski definition) is 2. The van der Waals surface area contributed by atoms with Crippen LogP contribution in [0.2, 0.25) is 0 Å². The van der Waals surface area contributed by atoms with E-state index < -0.39 is 5.97 Å². The van der Waals surface area contributed by atoms with Crippen molar-refractivity contribution >= 4 is 5.97 Å². The number of aliphatic carboxylic acids is 1. The van der Waals surface area contributed by atoms with Crippen molar-refractivity contribution in [1.29, 1.82) is 0 Å². The Labute approximate surface area is 91.1 Å². The number of carboxylic acid groups (broad SMARTS) is 1. The first-order valence-electron chi connectivity index (χ1n) is 5.23. The van der Waals surface area contributed by atoms with E-state index in [9.17, 15) is 4.79 Å². The Hall–Kier alpha value is -1.09. The molecule has 15 heavy (non-hydrogen) atoms. The monoisotopic (exact) mass is 212 g/mol. The first-order valence-corrected chi connectivity index (χ1v) is 5.23. The number of aliphatic hydroxyl groups excluding tert-OH is 1. The van der Waals surface area contributed by atoms with Crippen LogP contribution in [-0.4, -0.2) is 22.8 Å². The summed E-state index contributed by atoms with van der Waals surface area (Å²) in [4.78, 5) is 10.3. The Morgan fingerprint density at radius 1 is 1.20 bits per heavy atom. The number of carboxylic acids is 1. The third kappa shape index (κ3) is 9.22. The van der Waals surface area contributed by atoms with Crippen LogP contribution in [0.3, 0.4) is 0 Å². The zero-order valence-electron chi connectivity index (χ0n) is 9.49. The third-order valence-corrected chi connectivity index (χ3v) is 2.13. The Morgan fingerprint density at radius 2 is 1.87 bits per heavy atom. The van der Waals surface area contributed by atoms with Crippen LogP contribution in [0.4, 0.5) is 0 Å². The van der Waals surface area contributed by atoms with Crippen LogP contribution < -0.4 is 0 Å². The maximum absolute atomic E-state index is 10.3. The van der Waals surface area contributed by atoms with Crippen LogP contribution in [0, 0.1) is 0 Å². The Bertz CT molecular complexity index is 252. The smallest absolute Gasteiger partial charge is 0.328 e. The van der Waals surface area contributed by atoms with Gasteiger partial charge >= 0.3 is 5.97 Å². The normalized spacial score (nSPS) is 13.0. The van der Waals surface area contributed by atoms with E-state index in [1.54, 1.807) is 0 Å². The van der Waals surface area contributed by atoms with E-state index in [0.29, 0.717) is 0 Å². The highest BCUT2D eigenvalue weighted by molar-refractivity contribution is 5.80. The second kappa shape index (κ2) is 8.24. The second-order valence-corrected chi connectivity index (χ2v) is 3.75. The minimum absolute atomic E-state index is 0.225. The Kier molecular flexibility index (Phi) is 7.64. The van der Waals surface area contributed by atoms with Gasteiger partial charge in [-0.25, -0.2) is 4.79 Å². The Balaban J connectivity index is 3.81. The molecule has 86 valence electrons. The molecule has 0 aromatic carbocycles. The second-order valence-electron chi connectivity index (χ2n) is 3.75. The molecule has 3 heteroatoms. The summed E-state index contributed by atoms with van der Waals surface area (Å²) in [5, 5.41) is 17.1. The van der Waals surface area contributed by atoms with E-state index in [1.807, 2.05) is 13.8 Å². The fourth-order valence-electron chi connectivity index (χ4n) is 1.29. The van der Waals surface area contributed by atoms with Crippen LogP contribution in [0.15, 0.2) is 23.3 Å². The lowest BCUT2D eigenvalue weighted by atomic mass is 10.1. The summed E-state index contributed by atoms with van der Waals surface area (Å²) in [7, 11) is 0. The molecule has 0 spiro atoms. The average molecular weight is 212 g/mol. The van der Waals surface area contributed by atoms with Crippen molar-refractivity contribution in [3.05, 3.63) is 23.3 Å². The van der Waals surface area contributed by atoms with Gasteiger partial charge in [-0.15, -0.1) is 0 Å². The average Bonchev–Trinajstić information content (AvgIpc) is 2.13. The summed E-state index contributed by atoms with van der Waals surface area (Å²) >= 11 is 0. The topological polar surface area (TPSA) is 57.5 Å². The van der Waals surface area contributed by atoms with E-state index in [0.717, 1.165) is 31.3 Å². The summed E-state index contributed by atoms with van der Waals surface area (Å²) in [5.41, 5.74) is 2.14. The molecule has 0 aliphatic heterocycles. The van der Waals surface area contributed by atoms with Crippen LogP contribution >= 0.6 is 0 Å². The minimum atomic E-state index is -0.881. The summed E-state index contributed by atoms with van der Waals surface area (Å²) in [5.74, 6) is -0.881. The molecule has 0 aromatic rings. The summed E-state index contributed by atoms with van der Waals surface area (Å²) in [6, 6.07) is 0. The Morgan fingerprint density at radius 3 is 2.40 bits per heavy atom. The zero-order valence-corrected chi connectivity index (χ0v) is 9.49. The molecule has 0 heterocycles. The van der Waals surface area contributed by atoms with Gasteiger partial charge in [-0.05, 0) is 39.5 Å². The summed E-state index contributed by atoms with van der Waals surface area (Å²) in [6.07, 6.45) is 6.71. The highest BCUT2D eigenvalue weighted by atomic mass is 16.4. The van der Waals surface area contributed by atoms with Gasteiger partial charge < -0.3 is 10.2 Å². The van der Waals surface area contributed by atoms with Gasteiger partial charge in [-0.2, -0.15) is 0 Å². The van der Waals surface area contributed by atoms with Crippen LogP contribution in [-0.2, 0) is 4.79 Å². The fourth-order valence-corrected chi connectivity index (χ4v) is 1.29. The molecule has 0 radical (unpaired) electrons. The minimum Gasteiger partial charge on any atom is -0.478 e. The van der Waals surface area contributed by atoms with Crippen molar-refractivity contribution in [3.63, 3.8) is 0 Å². The quantitative estimate of drug-likeness (QED) is 0.503. The van der Waals surface area contributed by atoms with E-state index in [-0.39, 0.29) is 6.61 Å². The van der Waals surface area contributed by atoms with Gasteiger partial charge in [0.25, 0.3) is 0 Å². The lowest BCUT2D eigenvalue weighted by molar-refractivity contribution is -0.131. The summed E-state index contributed by atoms with van der Waals surface area (Å²) in [6.45, 7) is 4.08. The SMILES string of the molecule is C/C(=C\C(=O)O)CC/C=C(\C)CCCO. The molecule has 0 aromatic heterocycles. The predicted molar refractivity (Wildman–Crippen MR) is 60.7 cm³/mol. The number of aliphatic hydroxyl groups is 1. The van der Waals surface area contributed by atoms with Crippen molar-refractivity contribution < 1.29 is 15.0 Å². The van der Waals surface area contributed by atoms with Crippen molar-refractivity contribution in [1.82, 2.24) is 0 Å². The molecule has 0 bridgehead atoms. The van der Waals surface area contributed by atoms with Gasteiger partial charge in [0, 0.05) is 12.7 Å². The largest absolute Gasteiger partial charge is 0.478 e. The van der Waals surface area contributed by atoms with Crippen LogP contribution in [0.1, 0.15) is 39.5 Å². The van der Waals surface area contributed by atoms with Gasteiger partial charge in [0.15, 0.2) is 0 Å². The molecular weight excluding hydrogens is 192 g/mol. The lowest BCUT2D eigenvalue weighted by Crippen LogP contribution is -1.90. The number of rotatable bonds is 7. The van der Waals surface area contributed by atoms with E-state index in [2.05, 4.69) is 6.08 Å². The third-order valence-electron chi connectivity index (χ3n) is 2.13. The standard InChI is InChI=1S/C12H20O3/c1-10(7-4-8-13)5-3-6-11(2)9-12(14)15/h5,9,13H,3-4,6-8H2,1-2H3,(H,14,15)/b10-5+,11-9+. The molecule has 0 saturated carbocycles. The van der Waals surface area contributed by atoms with Gasteiger partial charge in [-0.1, -0.05) is 17.2 Å². The first kappa shape index (κ1) is 13.9. The highest BCUT2D eigenvalue weighted by Gasteiger charge is 1.94. The predicted octanol–water partition coefficient (Wildman–Crippen LogP) is 2.52. The van der Waals surface area contributed by atoms with Crippen molar-refractivity contribution in [3.8, 4) is 0 Å². The van der Waals surface area contributed by atoms with Crippen molar-refractivity contribution in [2.75, 3.05) is 6.61 Å². The zero-order chi connectivity index (χ0) is 11.7. The van der Waals surface area contributed by atoms with Crippen molar-refractivity contribution in [2.45, 2.75) is 39.5 Å². The van der Waals surface area contributed by atoms with Crippen molar-refractivity contribution in [2.24, 2.45) is 0 Å². The lowest BCUT2D eigenvalue weighted by Gasteiger charge is -2.00. The van der Waals surface area contributed by atoms with Crippen LogP contribution in [0.25, 0.3) is 0 Å². The molecule has 0 unspecified atom stereocenters. The van der Waals surface area contributed by atoms with Gasteiger partial charge in [0.1, 0.15) is 0 Å². The first-order chi connectivity index (χ1) is 7.06. The van der Waals surface area contributed by atoms with Crippen LogP contribution in [0.5, 0.6) is 0 Å². The molecule has 0 aliphatic rings. The molecular formula is C12H20O3. The maximum Gasteiger partial charge on any atom is 0.328 e. The number of allylic oxidation sites excluding steroid dienone is 3. The molecule has 0 rings (SSSR count). The van der Waals surface area contributed by atoms with Gasteiger partial charge in [0.2, 0.25) is 0 Å². The van der Waals surface area contributed by atoms with E-state index >= 15 is 0 Å². The maximum atomic E-state index is 10.3. The molecule has 0 atom stereocenters. The number of hydrogen-bond donors (Lipinski definition) is 2. The molecule has 0 amide bonds. The molecule has 2 N–H and O–H groups in total. The van der Waals surface area contributed by atoms with Gasteiger partial charge in [-0.3, -0.25) is 0 Å². The van der Waals surface area contributed by atoms with E-state index in [1.165, 1.54) is 11.6 Å². The number of carbonyl (C=O) groups is 1. The van der Waals surface area contributed by atoms with Gasteiger partial charge in [0.05, 0.1) is 0 Å². The fraction of sp³-hybridized carbons (Fsp3) is 0.583. The molecule has 3 nitrogen and oxygen atoms in total. The molecule has 0 aliphatic carbocycles. The molecule has 0 saturated heterocycles.